The van der Waals surface area contributed by atoms with Crippen LogP contribution in [0.3, 0.4) is 0 Å². The molecule has 0 radical (unpaired) electrons. The fraction of sp³-hybridized carbons (Fsp3) is 0.0769. The van der Waals surface area contributed by atoms with Gasteiger partial charge in [0.15, 0.2) is 0 Å². The zero-order chi connectivity index (χ0) is 23.3. The van der Waals surface area contributed by atoms with E-state index in [4.69, 9.17) is 0 Å². The Morgan fingerprint density at radius 2 is 1.58 bits per heavy atom. The van der Waals surface area contributed by atoms with Crippen molar-refractivity contribution in [1.82, 2.24) is 4.98 Å². The number of anilines is 2. The van der Waals surface area contributed by atoms with Crippen LogP contribution in [0.25, 0.3) is 0 Å². The monoisotopic (exact) mass is 512 g/mol. The van der Waals surface area contributed by atoms with Gasteiger partial charge in [-0.1, -0.05) is 0 Å². The van der Waals surface area contributed by atoms with Crippen molar-refractivity contribution in [2.24, 2.45) is 0 Å². The molecule has 4 aromatic rings. The Hall–Kier alpha value is -3.41. The number of rotatable bonds is 6. The summed E-state index contributed by atoms with van der Waals surface area (Å²) in [6, 6.07) is 25.3. The van der Waals surface area contributed by atoms with Gasteiger partial charge in [-0.15, -0.1) is 0 Å². The molecule has 3 aromatic carbocycles. The molecule has 0 spiro atoms. The van der Waals surface area contributed by atoms with E-state index in [1.807, 2.05) is 42.5 Å². The predicted molar refractivity (Wildman–Crippen MR) is 124 cm³/mol. The maximum absolute atomic E-state index is 13.8. The molecule has 0 atom stereocenters. The van der Waals surface area contributed by atoms with E-state index in [0.717, 1.165) is 21.9 Å². The zero-order valence-electron chi connectivity index (χ0n) is 17.4. The van der Waals surface area contributed by atoms with E-state index in [0.29, 0.717) is 11.3 Å². The van der Waals surface area contributed by atoms with Crippen molar-refractivity contribution in [3.05, 3.63) is 120 Å². The quantitative estimate of drug-likeness (QED) is 0.316. The van der Waals surface area contributed by atoms with Crippen LogP contribution in [0, 0.1) is 0 Å². The molecule has 0 unspecified atom stereocenters. The fourth-order valence-corrected chi connectivity index (χ4v) is 5.41. The van der Waals surface area contributed by atoms with Crippen molar-refractivity contribution in [2.75, 3.05) is 4.90 Å². The molecular formula is C26H19F3N2OSe. The summed E-state index contributed by atoms with van der Waals surface area (Å²) in [6.07, 6.45) is -1.50. The Balaban J connectivity index is 1.73. The molecule has 0 saturated carbocycles. The number of pyridine rings is 1. The number of halogens is 3. The van der Waals surface area contributed by atoms with Crippen LogP contribution in [0.15, 0.2) is 103 Å². The first-order chi connectivity index (χ1) is 15.9. The van der Waals surface area contributed by atoms with Crippen LogP contribution in [0.2, 0.25) is 0 Å². The number of amides is 1. The first-order valence-corrected chi connectivity index (χ1v) is 12.2. The van der Waals surface area contributed by atoms with E-state index in [1.54, 1.807) is 30.5 Å². The number of aromatic nitrogens is 1. The third-order valence-corrected chi connectivity index (χ3v) is 7.30. The van der Waals surface area contributed by atoms with Gasteiger partial charge in [-0.25, -0.2) is 0 Å². The Morgan fingerprint density at radius 1 is 0.848 bits per heavy atom. The van der Waals surface area contributed by atoms with E-state index >= 15 is 0 Å². The summed E-state index contributed by atoms with van der Waals surface area (Å²) in [6.45, 7) is 0. The molecule has 1 aromatic heterocycles. The maximum atomic E-state index is 13.8. The van der Waals surface area contributed by atoms with Gasteiger partial charge in [-0.05, 0) is 0 Å². The number of carbonyl (C=O) groups excluding carboxylic acids is 1. The summed E-state index contributed by atoms with van der Waals surface area (Å²) >= 11 is -0.0397. The van der Waals surface area contributed by atoms with Gasteiger partial charge >= 0.3 is 196 Å². The first kappa shape index (κ1) is 22.8. The molecule has 3 nitrogen and oxygen atoms in total. The molecule has 0 aliphatic carbocycles. The predicted octanol–water partition coefficient (Wildman–Crippen LogP) is 5.61. The molecule has 7 heteroatoms. The molecule has 0 fully saturated rings. The SMILES string of the molecule is O=C(c1ccccc1[Se]Cc1ccccc1)N(c1cccnc1)c1cccc(C(F)(F)F)c1. The van der Waals surface area contributed by atoms with Gasteiger partial charge in [0.25, 0.3) is 0 Å². The third kappa shape index (κ3) is 5.51. The topological polar surface area (TPSA) is 33.2 Å². The van der Waals surface area contributed by atoms with Crippen LogP contribution in [-0.4, -0.2) is 25.8 Å². The van der Waals surface area contributed by atoms with Gasteiger partial charge in [0.05, 0.1) is 0 Å². The first-order valence-electron chi connectivity index (χ1n) is 10.1. The summed E-state index contributed by atoms with van der Waals surface area (Å²) in [4.78, 5) is 19.1. The van der Waals surface area contributed by atoms with Gasteiger partial charge < -0.3 is 0 Å². The van der Waals surface area contributed by atoms with Gasteiger partial charge in [-0.2, -0.15) is 0 Å². The average Bonchev–Trinajstić information content (AvgIpc) is 2.84. The van der Waals surface area contributed by atoms with Crippen LogP contribution in [-0.2, 0) is 11.5 Å². The van der Waals surface area contributed by atoms with Crippen LogP contribution in [0.5, 0.6) is 0 Å². The van der Waals surface area contributed by atoms with Gasteiger partial charge in [0.1, 0.15) is 0 Å². The van der Waals surface area contributed by atoms with E-state index in [9.17, 15) is 18.0 Å². The average molecular weight is 511 g/mol. The summed E-state index contributed by atoms with van der Waals surface area (Å²) in [5, 5.41) is 0.800. The third-order valence-electron chi connectivity index (χ3n) is 4.89. The number of carbonyl (C=O) groups is 1. The second-order valence-corrected chi connectivity index (χ2v) is 9.30. The summed E-state index contributed by atoms with van der Waals surface area (Å²) in [7, 11) is 0. The molecule has 0 saturated heterocycles. The second-order valence-electron chi connectivity index (χ2n) is 7.17. The molecule has 4 rings (SSSR count). The minimum atomic E-state index is -4.52. The Kier molecular flexibility index (Phi) is 6.92. The van der Waals surface area contributed by atoms with Crippen molar-refractivity contribution in [3.8, 4) is 0 Å². The van der Waals surface area contributed by atoms with E-state index < -0.39 is 17.6 Å². The van der Waals surface area contributed by atoms with Gasteiger partial charge in [0.2, 0.25) is 0 Å². The van der Waals surface area contributed by atoms with Gasteiger partial charge in [-0.3, -0.25) is 0 Å². The summed E-state index contributed by atoms with van der Waals surface area (Å²) in [5.41, 5.74) is 1.35. The number of alkyl halides is 3. The molecule has 166 valence electrons. The van der Waals surface area contributed by atoms with Gasteiger partial charge in [0, 0.05) is 0 Å². The van der Waals surface area contributed by atoms with Crippen molar-refractivity contribution < 1.29 is 18.0 Å². The molecule has 0 aliphatic heterocycles. The van der Waals surface area contributed by atoms with Crippen molar-refractivity contribution in [3.63, 3.8) is 0 Å². The Morgan fingerprint density at radius 3 is 2.30 bits per heavy atom. The Bertz CT molecular complexity index is 1230. The molecule has 0 aliphatic rings. The molecule has 1 amide bonds. The van der Waals surface area contributed by atoms with Crippen molar-refractivity contribution in [1.29, 1.82) is 0 Å². The molecule has 0 bridgehead atoms. The standard InChI is InChI=1S/C26H19F3N2OSe/c27-26(28,29)20-10-6-11-21(16-20)31(22-12-7-15-30-17-22)25(32)23-13-4-5-14-24(23)33-18-19-8-2-1-3-9-19/h1-17H,18H2. The van der Waals surface area contributed by atoms with E-state index in [-0.39, 0.29) is 20.6 Å². The number of nitrogens with zero attached hydrogens (tertiary/aromatic N) is 2. The van der Waals surface area contributed by atoms with Crippen LogP contribution < -0.4 is 9.36 Å². The minimum absolute atomic E-state index is 0.0397. The van der Waals surface area contributed by atoms with Crippen molar-refractivity contribution in [2.45, 2.75) is 11.5 Å². The fourth-order valence-electron chi connectivity index (χ4n) is 3.32. The van der Waals surface area contributed by atoms with Crippen LogP contribution >= 0.6 is 0 Å². The summed E-state index contributed by atoms with van der Waals surface area (Å²) in [5.74, 6) is -0.395. The van der Waals surface area contributed by atoms with E-state index in [2.05, 4.69) is 4.98 Å². The van der Waals surface area contributed by atoms with Crippen molar-refractivity contribution >= 4 is 36.7 Å². The normalized spacial score (nSPS) is 11.2. The molecular weight excluding hydrogens is 492 g/mol. The number of hydrogen-bond donors (Lipinski definition) is 0. The number of hydrogen-bond acceptors (Lipinski definition) is 2. The van der Waals surface area contributed by atoms with Crippen LogP contribution in [0.4, 0.5) is 24.5 Å². The zero-order valence-corrected chi connectivity index (χ0v) is 19.1. The molecule has 0 N–H and O–H groups in total. The second kappa shape index (κ2) is 10.0. The van der Waals surface area contributed by atoms with Crippen LogP contribution in [0.1, 0.15) is 21.5 Å². The Labute approximate surface area is 196 Å². The summed E-state index contributed by atoms with van der Waals surface area (Å²) < 4.78 is 41.0. The molecule has 33 heavy (non-hydrogen) atoms. The number of benzene rings is 3. The molecule has 1 heterocycles. The van der Waals surface area contributed by atoms with E-state index in [1.165, 1.54) is 28.8 Å².